The molecule has 0 heterocycles. The van der Waals surface area contributed by atoms with Crippen molar-refractivity contribution in [2.75, 3.05) is 0 Å². The Kier molecular flexibility index (Phi) is 0.959. The van der Waals surface area contributed by atoms with E-state index in [1.54, 1.807) is 0 Å². The van der Waals surface area contributed by atoms with E-state index in [4.69, 9.17) is 0 Å². The summed E-state index contributed by atoms with van der Waals surface area (Å²) < 4.78 is 0. The fraction of sp³-hybridized carbons (Fsp3) is 0.545. The fourth-order valence-corrected chi connectivity index (χ4v) is 3.45. The van der Waals surface area contributed by atoms with Crippen molar-refractivity contribution in [3.05, 3.63) is 24.3 Å². The van der Waals surface area contributed by atoms with Crippen molar-refractivity contribution < 1.29 is 4.79 Å². The first-order valence-corrected chi connectivity index (χ1v) is 4.63. The maximum Gasteiger partial charge on any atom is 0.144 e. The highest BCUT2D eigenvalue weighted by Gasteiger charge is 2.59. The third-order valence-electron chi connectivity index (χ3n) is 3.94. The summed E-state index contributed by atoms with van der Waals surface area (Å²) in [4.78, 5) is 11.7. The van der Waals surface area contributed by atoms with Gasteiger partial charge in [0.15, 0.2) is 0 Å². The third-order valence-corrected chi connectivity index (χ3v) is 3.94. The zero-order chi connectivity index (χ0) is 8.46. The van der Waals surface area contributed by atoms with Crippen LogP contribution in [-0.2, 0) is 4.79 Å². The predicted octanol–water partition coefficient (Wildman–Crippen LogP) is 1.95. The number of fused-ring (bicyclic) bond motifs is 1. The first kappa shape index (κ1) is 6.64. The first-order valence-electron chi connectivity index (χ1n) is 4.63. The molecular weight excluding hydrogens is 148 g/mol. The number of rotatable bonds is 0. The Bertz CT molecular complexity index is 283. The number of ketones is 1. The van der Waals surface area contributed by atoms with Gasteiger partial charge in [-0.05, 0) is 18.8 Å². The molecule has 4 atom stereocenters. The minimum Gasteiger partial charge on any atom is -0.299 e. The number of hydrogen-bond donors (Lipinski definition) is 0. The minimum atomic E-state index is 0.182. The lowest BCUT2D eigenvalue weighted by Crippen LogP contribution is -2.35. The Morgan fingerprint density at radius 3 is 2.17 bits per heavy atom. The van der Waals surface area contributed by atoms with E-state index in [9.17, 15) is 4.79 Å². The van der Waals surface area contributed by atoms with Crippen LogP contribution in [-0.4, -0.2) is 5.78 Å². The maximum atomic E-state index is 11.7. The second-order valence-electron chi connectivity index (χ2n) is 4.30. The van der Waals surface area contributed by atoms with Gasteiger partial charge in [0.25, 0.3) is 0 Å². The van der Waals surface area contributed by atoms with Crippen molar-refractivity contribution in [1.29, 1.82) is 0 Å². The molecule has 4 aliphatic rings. The molecule has 0 N–H and O–H groups in total. The summed E-state index contributed by atoms with van der Waals surface area (Å²) in [6.45, 7) is 8.13. The Labute approximate surface area is 72.2 Å². The molecule has 4 aliphatic carbocycles. The lowest BCUT2D eigenvalue weighted by molar-refractivity contribution is -0.128. The quantitative estimate of drug-likeness (QED) is 0.495. The molecule has 62 valence electrons. The number of allylic oxidation sites excluding steroid dienone is 2. The van der Waals surface area contributed by atoms with Crippen LogP contribution >= 0.6 is 0 Å². The SMILES string of the molecule is C=C1C2CCC3C(=O)C2C(=C)C13. The van der Waals surface area contributed by atoms with E-state index in [1.165, 1.54) is 17.6 Å². The molecule has 4 unspecified atom stereocenters. The molecule has 4 rings (SSSR count). The number of Topliss-reactive ketones (excluding diaryl/α,β-unsaturated/α-hetero) is 1. The standard InChI is InChI=1S/C11H12O/c1-5-7-3-4-8-9(5)6(2)10(7)11(8)12/h7-10H,1-4H2. The molecule has 12 heavy (non-hydrogen) atoms. The van der Waals surface area contributed by atoms with Gasteiger partial charge in [0.05, 0.1) is 0 Å². The van der Waals surface area contributed by atoms with Crippen LogP contribution in [0.3, 0.4) is 0 Å². The van der Waals surface area contributed by atoms with Crippen LogP contribution in [0.15, 0.2) is 24.3 Å². The lowest BCUT2D eigenvalue weighted by atomic mass is 9.68. The molecule has 0 aliphatic heterocycles. The third kappa shape index (κ3) is 0.465. The highest BCUT2D eigenvalue weighted by atomic mass is 16.1. The topological polar surface area (TPSA) is 17.1 Å². The Hall–Kier alpha value is -0.850. The van der Waals surface area contributed by atoms with Crippen LogP contribution in [0.25, 0.3) is 0 Å². The smallest absolute Gasteiger partial charge is 0.144 e. The van der Waals surface area contributed by atoms with Crippen LogP contribution in [0.1, 0.15) is 12.8 Å². The highest BCUT2D eigenvalue weighted by Crippen LogP contribution is 2.61. The largest absolute Gasteiger partial charge is 0.299 e. The van der Waals surface area contributed by atoms with E-state index in [1.807, 2.05) is 0 Å². The lowest BCUT2D eigenvalue weighted by Gasteiger charge is -2.35. The van der Waals surface area contributed by atoms with Gasteiger partial charge in [0, 0.05) is 17.8 Å². The van der Waals surface area contributed by atoms with Crippen molar-refractivity contribution in [3.63, 3.8) is 0 Å². The van der Waals surface area contributed by atoms with E-state index in [2.05, 4.69) is 13.2 Å². The van der Waals surface area contributed by atoms with Crippen LogP contribution in [0, 0.1) is 23.7 Å². The van der Waals surface area contributed by atoms with Gasteiger partial charge in [-0.2, -0.15) is 0 Å². The van der Waals surface area contributed by atoms with Gasteiger partial charge < -0.3 is 0 Å². The summed E-state index contributed by atoms with van der Waals surface area (Å²) in [6.07, 6.45) is 2.26. The molecule has 0 amide bonds. The number of carbonyl (C=O) groups is 1. The fourth-order valence-electron chi connectivity index (χ4n) is 3.45. The van der Waals surface area contributed by atoms with Crippen LogP contribution < -0.4 is 0 Å². The molecule has 1 nitrogen and oxygen atoms in total. The van der Waals surface area contributed by atoms with E-state index in [0.29, 0.717) is 17.6 Å². The molecule has 0 radical (unpaired) electrons. The van der Waals surface area contributed by atoms with Gasteiger partial charge in [-0.1, -0.05) is 24.3 Å². The van der Waals surface area contributed by atoms with Gasteiger partial charge in [-0.25, -0.2) is 0 Å². The average molecular weight is 160 g/mol. The molecule has 0 spiro atoms. The number of hydrogen-bond acceptors (Lipinski definition) is 1. The summed E-state index contributed by atoms with van der Waals surface area (Å²) in [7, 11) is 0. The first-order chi connectivity index (χ1) is 5.72. The van der Waals surface area contributed by atoms with E-state index in [0.717, 1.165) is 6.42 Å². The normalized spacial score (nSPS) is 49.5. The average Bonchev–Trinajstić information content (AvgIpc) is 2.38. The maximum absolute atomic E-state index is 11.7. The second kappa shape index (κ2) is 1.73. The van der Waals surface area contributed by atoms with E-state index < -0.39 is 0 Å². The van der Waals surface area contributed by atoms with Crippen molar-refractivity contribution in [2.45, 2.75) is 12.8 Å². The Morgan fingerprint density at radius 2 is 1.67 bits per heavy atom. The zero-order valence-electron chi connectivity index (χ0n) is 7.05. The van der Waals surface area contributed by atoms with Crippen LogP contribution in [0.5, 0.6) is 0 Å². The Morgan fingerprint density at radius 1 is 1.00 bits per heavy atom. The van der Waals surface area contributed by atoms with E-state index >= 15 is 0 Å². The number of carbonyl (C=O) groups excluding carboxylic acids is 1. The van der Waals surface area contributed by atoms with Crippen molar-refractivity contribution >= 4 is 5.78 Å². The molecule has 1 heteroatoms. The second-order valence-corrected chi connectivity index (χ2v) is 4.30. The monoisotopic (exact) mass is 160 g/mol. The molecule has 0 aromatic rings. The Balaban J connectivity index is 2.21. The molecule has 4 fully saturated rings. The summed E-state index contributed by atoms with van der Waals surface area (Å²) in [5.74, 6) is 1.77. The zero-order valence-corrected chi connectivity index (χ0v) is 7.05. The molecule has 4 saturated carbocycles. The van der Waals surface area contributed by atoms with E-state index in [-0.39, 0.29) is 11.8 Å². The van der Waals surface area contributed by atoms with Gasteiger partial charge in [0.2, 0.25) is 0 Å². The van der Waals surface area contributed by atoms with Gasteiger partial charge in [-0.15, -0.1) is 0 Å². The molecular formula is C11H12O. The highest BCUT2D eigenvalue weighted by molar-refractivity contribution is 5.94. The van der Waals surface area contributed by atoms with Gasteiger partial charge in [0.1, 0.15) is 5.78 Å². The van der Waals surface area contributed by atoms with Crippen molar-refractivity contribution in [1.82, 2.24) is 0 Å². The summed E-state index contributed by atoms with van der Waals surface area (Å²) in [5.41, 5.74) is 2.48. The van der Waals surface area contributed by atoms with Gasteiger partial charge >= 0.3 is 0 Å². The molecule has 0 aromatic heterocycles. The summed E-state index contributed by atoms with van der Waals surface area (Å²) >= 11 is 0. The minimum absolute atomic E-state index is 0.182. The molecule has 0 aromatic carbocycles. The molecule has 4 bridgehead atoms. The van der Waals surface area contributed by atoms with Gasteiger partial charge in [-0.3, -0.25) is 4.79 Å². The summed E-state index contributed by atoms with van der Waals surface area (Å²) in [5, 5.41) is 0. The predicted molar refractivity (Wildman–Crippen MR) is 46.5 cm³/mol. The van der Waals surface area contributed by atoms with Crippen molar-refractivity contribution in [2.24, 2.45) is 23.7 Å². The van der Waals surface area contributed by atoms with Crippen molar-refractivity contribution in [3.8, 4) is 0 Å². The molecule has 0 saturated heterocycles. The van der Waals surface area contributed by atoms with Crippen LogP contribution in [0.2, 0.25) is 0 Å². The summed E-state index contributed by atoms with van der Waals surface area (Å²) in [6, 6.07) is 0. The van der Waals surface area contributed by atoms with Crippen LogP contribution in [0.4, 0.5) is 0 Å².